The van der Waals surface area contributed by atoms with Crippen molar-refractivity contribution in [2.75, 3.05) is 6.61 Å². The van der Waals surface area contributed by atoms with Gasteiger partial charge in [0.05, 0.1) is 18.4 Å². The Morgan fingerprint density at radius 3 is 1.86 bits per heavy atom. The van der Waals surface area contributed by atoms with Crippen LogP contribution >= 0.6 is 0 Å². The predicted octanol–water partition coefficient (Wildman–Crippen LogP) is 6.00. The first-order chi connectivity index (χ1) is 17.4. The van der Waals surface area contributed by atoms with Gasteiger partial charge in [0.1, 0.15) is 5.54 Å². The van der Waals surface area contributed by atoms with Crippen molar-refractivity contribution in [3.05, 3.63) is 125 Å². The summed E-state index contributed by atoms with van der Waals surface area (Å²) in [5.74, 6) is -0.430. The first-order valence-electron chi connectivity index (χ1n) is 12.6. The van der Waals surface area contributed by atoms with E-state index in [0.717, 1.165) is 28.7 Å². The normalized spacial score (nSPS) is 16.8. The molecule has 0 saturated heterocycles. The lowest BCUT2D eigenvalue weighted by Gasteiger charge is -2.37. The Labute approximate surface area is 212 Å². The molecule has 1 aliphatic rings. The van der Waals surface area contributed by atoms with Crippen molar-refractivity contribution in [1.82, 2.24) is 9.78 Å². The number of rotatable bonds is 6. The third-order valence-corrected chi connectivity index (χ3v) is 7.31. The molecule has 1 aliphatic carbocycles. The highest BCUT2D eigenvalue weighted by Gasteiger charge is 2.48. The molecule has 0 spiro atoms. The number of ether oxygens (including phenoxy) is 1. The quantitative estimate of drug-likeness (QED) is 0.271. The molecule has 36 heavy (non-hydrogen) atoms. The molecule has 5 rings (SSSR count). The Balaban J connectivity index is 1.98. The number of esters is 1. The molecule has 1 unspecified atom stereocenters. The number of aromatic nitrogens is 2. The van der Waals surface area contributed by atoms with Gasteiger partial charge in [0.15, 0.2) is 5.69 Å². The predicted molar refractivity (Wildman–Crippen MR) is 140 cm³/mol. The second-order valence-corrected chi connectivity index (χ2v) is 9.99. The first kappa shape index (κ1) is 24.0. The Morgan fingerprint density at radius 2 is 1.42 bits per heavy atom. The molecule has 0 radical (unpaired) electrons. The number of fused-ring (bicyclic) bond motifs is 1. The zero-order valence-electron chi connectivity index (χ0n) is 21.0. The largest absolute Gasteiger partial charge is 0.461 e. The monoisotopic (exact) mass is 480 g/mol. The zero-order valence-corrected chi connectivity index (χ0v) is 21.0. The summed E-state index contributed by atoms with van der Waals surface area (Å²) in [5.41, 5.74) is 3.27. The maximum Gasteiger partial charge on any atom is 0.356 e. The van der Waals surface area contributed by atoms with Crippen molar-refractivity contribution in [3.8, 4) is 0 Å². The minimum Gasteiger partial charge on any atom is -0.461 e. The van der Waals surface area contributed by atoms with Gasteiger partial charge in [0.2, 0.25) is 0 Å². The number of hydrogen-bond donors (Lipinski definition) is 1. The van der Waals surface area contributed by atoms with E-state index in [-0.39, 0.29) is 12.0 Å². The summed E-state index contributed by atoms with van der Waals surface area (Å²) >= 11 is 0. The van der Waals surface area contributed by atoms with Gasteiger partial charge in [-0.3, -0.25) is 0 Å². The average molecular weight is 481 g/mol. The van der Waals surface area contributed by atoms with E-state index in [4.69, 9.17) is 9.84 Å². The van der Waals surface area contributed by atoms with Gasteiger partial charge >= 0.3 is 5.97 Å². The lowest BCUT2D eigenvalue weighted by atomic mass is 9.72. The Hall–Kier alpha value is -3.70. The summed E-state index contributed by atoms with van der Waals surface area (Å²) in [7, 11) is 0. The number of carbonyl (C=O) groups excluding carboxylic acids is 1. The molecule has 1 atom stereocenters. The van der Waals surface area contributed by atoms with Crippen molar-refractivity contribution in [1.29, 1.82) is 0 Å². The molecular formula is C31H32N2O3. The molecule has 1 N–H and O–H groups in total. The SMILES string of the molecule is CCOC(=O)c1c2c(nn1C(c1ccccc1)(c1ccccc1)c1ccccc1)C(O)CCC2(C)C. The van der Waals surface area contributed by atoms with Gasteiger partial charge in [-0.25, -0.2) is 9.48 Å². The lowest BCUT2D eigenvalue weighted by Crippen LogP contribution is -2.41. The van der Waals surface area contributed by atoms with E-state index in [0.29, 0.717) is 17.8 Å². The summed E-state index contributed by atoms with van der Waals surface area (Å²) < 4.78 is 7.47. The van der Waals surface area contributed by atoms with Crippen LogP contribution in [0.2, 0.25) is 0 Å². The van der Waals surface area contributed by atoms with Crippen LogP contribution in [0.3, 0.4) is 0 Å². The van der Waals surface area contributed by atoms with Gasteiger partial charge in [-0.2, -0.15) is 5.10 Å². The summed E-state index contributed by atoms with van der Waals surface area (Å²) in [6.45, 7) is 6.28. The van der Waals surface area contributed by atoms with Crippen LogP contribution in [0.25, 0.3) is 0 Å². The minimum absolute atomic E-state index is 0.247. The van der Waals surface area contributed by atoms with E-state index < -0.39 is 17.6 Å². The molecule has 5 heteroatoms. The molecule has 0 aliphatic heterocycles. The van der Waals surface area contributed by atoms with Crippen molar-refractivity contribution in [3.63, 3.8) is 0 Å². The molecule has 0 fully saturated rings. The number of aliphatic hydroxyl groups excluding tert-OH is 1. The molecule has 5 nitrogen and oxygen atoms in total. The van der Waals surface area contributed by atoms with E-state index in [2.05, 4.69) is 50.2 Å². The van der Waals surface area contributed by atoms with Crippen LogP contribution < -0.4 is 0 Å². The molecule has 1 aromatic heterocycles. The number of hydrogen-bond acceptors (Lipinski definition) is 4. The van der Waals surface area contributed by atoms with Crippen molar-refractivity contribution in [2.24, 2.45) is 0 Å². The number of benzene rings is 3. The Kier molecular flexibility index (Phi) is 6.27. The highest BCUT2D eigenvalue weighted by molar-refractivity contribution is 5.91. The molecule has 3 aromatic carbocycles. The third kappa shape index (κ3) is 3.75. The fraction of sp³-hybridized carbons (Fsp3) is 0.290. The van der Waals surface area contributed by atoms with E-state index in [1.807, 2.05) is 66.2 Å². The standard InChI is InChI=1S/C31H32N2O3/c1-4-36-29(35)28-26-27(25(34)20-21-30(26,2)3)32-33(28)31(22-14-8-5-9-15-22,23-16-10-6-11-17-23)24-18-12-7-13-19-24/h5-19,25,34H,4,20-21H2,1-3H3. The smallest absolute Gasteiger partial charge is 0.356 e. The van der Waals surface area contributed by atoms with E-state index in [9.17, 15) is 9.90 Å². The van der Waals surface area contributed by atoms with Crippen LogP contribution in [0.4, 0.5) is 0 Å². The number of carbonyl (C=O) groups is 1. The van der Waals surface area contributed by atoms with Gasteiger partial charge in [-0.05, 0) is 41.9 Å². The summed E-state index contributed by atoms with van der Waals surface area (Å²) in [5, 5.41) is 16.2. The van der Waals surface area contributed by atoms with Gasteiger partial charge in [0, 0.05) is 5.56 Å². The van der Waals surface area contributed by atoms with Crippen LogP contribution in [0.5, 0.6) is 0 Å². The molecular weight excluding hydrogens is 448 g/mol. The molecule has 0 saturated carbocycles. The van der Waals surface area contributed by atoms with Crippen LogP contribution in [0, 0.1) is 0 Å². The summed E-state index contributed by atoms with van der Waals surface area (Å²) in [4.78, 5) is 13.8. The lowest BCUT2D eigenvalue weighted by molar-refractivity contribution is 0.0504. The zero-order chi connectivity index (χ0) is 25.3. The van der Waals surface area contributed by atoms with Gasteiger partial charge in [0.25, 0.3) is 0 Å². The van der Waals surface area contributed by atoms with Crippen molar-refractivity contribution in [2.45, 2.75) is 50.7 Å². The van der Waals surface area contributed by atoms with Crippen molar-refractivity contribution < 1.29 is 14.6 Å². The molecule has 4 aromatic rings. The van der Waals surface area contributed by atoms with E-state index in [1.54, 1.807) is 0 Å². The molecule has 184 valence electrons. The minimum atomic E-state index is -0.973. The maximum atomic E-state index is 13.8. The summed E-state index contributed by atoms with van der Waals surface area (Å²) in [6.07, 6.45) is 0.588. The van der Waals surface area contributed by atoms with Gasteiger partial charge < -0.3 is 9.84 Å². The number of aliphatic hydroxyl groups is 1. The van der Waals surface area contributed by atoms with Crippen molar-refractivity contribution >= 4 is 5.97 Å². The molecule has 0 bridgehead atoms. The van der Waals surface area contributed by atoms with Gasteiger partial charge in [-0.1, -0.05) is 105 Å². The van der Waals surface area contributed by atoms with E-state index >= 15 is 0 Å². The number of nitrogens with zero attached hydrogens (tertiary/aromatic N) is 2. The second kappa shape index (κ2) is 9.40. The molecule has 0 amide bonds. The van der Waals surface area contributed by atoms with Gasteiger partial charge in [-0.15, -0.1) is 0 Å². The highest BCUT2D eigenvalue weighted by Crippen LogP contribution is 2.48. The van der Waals surface area contributed by atoms with Crippen LogP contribution in [0.15, 0.2) is 91.0 Å². The van der Waals surface area contributed by atoms with Crippen LogP contribution in [-0.2, 0) is 15.7 Å². The van der Waals surface area contributed by atoms with Crippen LogP contribution in [-0.4, -0.2) is 27.5 Å². The Morgan fingerprint density at radius 1 is 0.944 bits per heavy atom. The fourth-order valence-electron chi connectivity index (χ4n) is 5.63. The third-order valence-electron chi connectivity index (χ3n) is 7.31. The highest BCUT2D eigenvalue weighted by atomic mass is 16.5. The summed E-state index contributed by atoms with van der Waals surface area (Å²) in [6, 6.07) is 30.4. The topological polar surface area (TPSA) is 64.3 Å². The first-order valence-corrected chi connectivity index (χ1v) is 12.6. The average Bonchev–Trinajstić information content (AvgIpc) is 3.32. The fourth-order valence-corrected chi connectivity index (χ4v) is 5.63. The maximum absolute atomic E-state index is 13.8. The molecule has 1 heterocycles. The van der Waals surface area contributed by atoms with Crippen LogP contribution in [0.1, 0.15) is 78.2 Å². The van der Waals surface area contributed by atoms with E-state index in [1.165, 1.54) is 0 Å². The Bertz CT molecular complexity index is 1250. The second-order valence-electron chi connectivity index (χ2n) is 9.99.